The van der Waals surface area contributed by atoms with Crippen LogP contribution in [0.5, 0.6) is 0 Å². The largest absolute Gasteiger partial charge is 0.469 e. The molecule has 0 spiro atoms. The van der Waals surface area contributed by atoms with Crippen LogP contribution < -0.4 is 10.2 Å². The highest BCUT2D eigenvalue weighted by molar-refractivity contribution is 5.72. The van der Waals surface area contributed by atoms with Gasteiger partial charge in [0.15, 0.2) is 0 Å². The molecule has 1 aromatic carbocycles. The van der Waals surface area contributed by atoms with Crippen molar-refractivity contribution in [2.45, 2.75) is 52.7 Å². The number of ether oxygens (including phenoxy) is 1. The van der Waals surface area contributed by atoms with Gasteiger partial charge < -0.3 is 20.1 Å². The van der Waals surface area contributed by atoms with Crippen molar-refractivity contribution in [3.8, 4) is 0 Å². The molecule has 0 saturated carbocycles. The third kappa shape index (κ3) is 7.32. The molecule has 172 valence electrons. The van der Waals surface area contributed by atoms with Crippen LogP contribution in [0, 0.1) is 0 Å². The van der Waals surface area contributed by atoms with Gasteiger partial charge in [-0.05, 0) is 51.3 Å². The molecule has 2 rings (SSSR count). The van der Waals surface area contributed by atoms with Crippen LogP contribution in [0.4, 0.5) is 5.82 Å². The molecule has 6 heteroatoms. The Kier molecular flexibility index (Phi) is 9.62. The van der Waals surface area contributed by atoms with Gasteiger partial charge in [-0.15, -0.1) is 0 Å². The van der Waals surface area contributed by atoms with Crippen molar-refractivity contribution >= 4 is 11.8 Å². The number of esters is 1. The van der Waals surface area contributed by atoms with Crippen molar-refractivity contribution < 1.29 is 14.6 Å². The Labute approximate surface area is 191 Å². The molecule has 2 aromatic rings. The Hall–Kier alpha value is -2.96. The van der Waals surface area contributed by atoms with Crippen molar-refractivity contribution in [3.05, 3.63) is 83.3 Å². The van der Waals surface area contributed by atoms with Gasteiger partial charge in [0.25, 0.3) is 0 Å². The summed E-state index contributed by atoms with van der Waals surface area (Å²) in [6.07, 6.45) is 4.17. The Balaban J connectivity index is 1.89. The predicted octanol–water partition coefficient (Wildman–Crippen LogP) is 4.32. The molecule has 2 unspecified atom stereocenters. The minimum atomic E-state index is -0.650. The first-order chi connectivity index (χ1) is 15.2. The molecule has 0 aliphatic heterocycles. The normalized spacial score (nSPS) is 13.4. The summed E-state index contributed by atoms with van der Waals surface area (Å²) in [5.41, 5.74) is 4.79. The summed E-state index contributed by atoms with van der Waals surface area (Å²) in [6, 6.07) is 11.9. The number of carbonyl (C=O) groups excluding carboxylic acids is 1. The van der Waals surface area contributed by atoms with Crippen molar-refractivity contribution in [2.75, 3.05) is 18.6 Å². The predicted molar refractivity (Wildman–Crippen MR) is 129 cm³/mol. The molecular weight excluding hydrogens is 402 g/mol. The third-order valence-corrected chi connectivity index (χ3v) is 5.34. The Morgan fingerprint density at radius 1 is 1.22 bits per heavy atom. The lowest BCUT2D eigenvalue weighted by Gasteiger charge is -2.25. The summed E-state index contributed by atoms with van der Waals surface area (Å²) in [5.74, 6) is 0.537. The van der Waals surface area contributed by atoms with Crippen LogP contribution in [0.25, 0.3) is 0 Å². The maximum atomic E-state index is 11.4. The topological polar surface area (TPSA) is 74.7 Å². The van der Waals surface area contributed by atoms with Crippen LogP contribution in [-0.4, -0.2) is 35.8 Å². The van der Waals surface area contributed by atoms with E-state index in [4.69, 9.17) is 4.74 Å². The number of methoxy groups -OCH3 is 1. The van der Waals surface area contributed by atoms with Gasteiger partial charge in [-0.2, -0.15) is 0 Å². The zero-order valence-corrected chi connectivity index (χ0v) is 19.8. The molecular formula is C26H35N3O3. The zero-order valence-electron chi connectivity index (χ0n) is 19.8. The molecule has 0 bridgehead atoms. The Bertz CT molecular complexity index is 920. The van der Waals surface area contributed by atoms with Crippen molar-refractivity contribution in [1.82, 2.24) is 10.3 Å². The summed E-state index contributed by atoms with van der Waals surface area (Å²) in [7, 11) is 1.39. The molecule has 2 atom stereocenters. The Morgan fingerprint density at radius 3 is 2.41 bits per heavy atom. The van der Waals surface area contributed by atoms with Crippen LogP contribution in [0.1, 0.15) is 50.5 Å². The highest BCUT2D eigenvalue weighted by atomic mass is 16.5. The summed E-state index contributed by atoms with van der Waals surface area (Å²) in [5, 5.41) is 14.0. The highest BCUT2D eigenvalue weighted by Crippen LogP contribution is 2.22. The van der Waals surface area contributed by atoms with E-state index in [1.54, 1.807) is 6.20 Å². The van der Waals surface area contributed by atoms with Crippen LogP contribution in [-0.2, 0) is 22.4 Å². The fraction of sp³-hybridized carbons (Fsp3) is 0.385. The van der Waals surface area contributed by atoms with Gasteiger partial charge in [0, 0.05) is 35.7 Å². The molecule has 0 radical (unpaired) electrons. The number of allylic oxidation sites excluding steroid dienone is 3. The number of carbonyl (C=O) groups is 1. The molecule has 32 heavy (non-hydrogen) atoms. The van der Waals surface area contributed by atoms with Gasteiger partial charge in [-0.3, -0.25) is 4.79 Å². The van der Waals surface area contributed by atoms with E-state index in [-0.39, 0.29) is 18.4 Å². The SMILES string of the molecule is C=C(C)N(/C(C)=C\C)c1ccc(C(O)CNC(C)Cc2ccc(CC(=O)OC)cc2)cn1. The first kappa shape index (κ1) is 25.3. The first-order valence-corrected chi connectivity index (χ1v) is 10.9. The molecule has 6 nitrogen and oxygen atoms in total. The number of nitrogens with one attached hydrogen (secondary N) is 1. The minimum Gasteiger partial charge on any atom is -0.469 e. The summed E-state index contributed by atoms with van der Waals surface area (Å²) >= 11 is 0. The van der Waals surface area contributed by atoms with E-state index in [2.05, 4.69) is 23.8 Å². The first-order valence-electron chi connectivity index (χ1n) is 10.9. The number of nitrogens with zero attached hydrogens (tertiary/aromatic N) is 2. The molecule has 0 amide bonds. The smallest absolute Gasteiger partial charge is 0.309 e. The quantitative estimate of drug-likeness (QED) is 0.510. The van der Waals surface area contributed by atoms with Gasteiger partial charge in [-0.25, -0.2) is 4.98 Å². The second-order valence-corrected chi connectivity index (χ2v) is 8.05. The van der Waals surface area contributed by atoms with E-state index in [0.717, 1.165) is 34.8 Å². The number of pyridine rings is 1. The molecule has 0 aliphatic rings. The van der Waals surface area contributed by atoms with E-state index in [1.165, 1.54) is 12.7 Å². The molecule has 1 aromatic heterocycles. The number of hydrogen-bond donors (Lipinski definition) is 2. The van der Waals surface area contributed by atoms with Gasteiger partial charge in [0.1, 0.15) is 5.82 Å². The van der Waals surface area contributed by atoms with E-state index < -0.39 is 6.10 Å². The fourth-order valence-corrected chi connectivity index (χ4v) is 3.42. The van der Waals surface area contributed by atoms with Gasteiger partial charge >= 0.3 is 5.97 Å². The second kappa shape index (κ2) is 12.2. The van der Waals surface area contributed by atoms with Gasteiger partial charge in [0.05, 0.1) is 19.6 Å². The minimum absolute atomic E-state index is 0.180. The number of benzene rings is 1. The fourth-order valence-electron chi connectivity index (χ4n) is 3.42. The average Bonchev–Trinajstić information content (AvgIpc) is 2.78. The maximum absolute atomic E-state index is 11.4. The van der Waals surface area contributed by atoms with E-state index in [9.17, 15) is 9.90 Å². The highest BCUT2D eigenvalue weighted by Gasteiger charge is 2.14. The average molecular weight is 438 g/mol. The zero-order chi connectivity index (χ0) is 23.7. The summed E-state index contributed by atoms with van der Waals surface area (Å²) in [6.45, 7) is 12.5. The van der Waals surface area contributed by atoms with Crippen molar-refractivity contribution in [1.29, 1.82) is 0 Å². The van der Waals surface area contributed by atoms with Crippen LogP contribution in [0.15, 0.2) is 66.6 Å². The van der Waals surface area contributed by atoms with E-state index >= 15 is 0 Å². The standard InChI is InChI=1S/C26H35N3O3/c1-7-20(5)29(18(2)3)25-13-12-23(16-28-25)24(30)17-27-19(4)14-21-8-10-22(11-9-21)15-26(31)32-6/h7-13,16,19,24,27,30H,2,14-15,17H2,1,3-6H3/b20-7-. The third-order valence-electron chi connectivity index (χ3n) is 5.34. The van der Waals surface area contributed by atoms with Crippen LogP contribution in [0.3, 0.4) is 0 Å². The van der Waals surface area contributed by atoms with Crippen molar-refractivity contribution in [2.24, 2.45) is 0 Å². The van der Waals surface area contributed by atoms with Gasteiger partial charge in [-0.1, -0.05) is 43.0 Å². The number of rotatable bonds is 11. The monoisotopic (exact) mass is 437 g/mol. The molecule has 0 fully saturated rings. The number of anilines is 1. The second-order valence-electron chi connectivity index (χ2n) is 8.05. The van der Waals surface area contributed by atoms with E-state index in [0.29, 0.717) is 6.54 Å². The number of hydrogen-bond acceptors (Lipinski definition) is 6. The molecule has 0 aliphatic carbocycles. The molecule has 1 heterocycles. The Morgan fingerprint density at radius 2 is 1.88 bits per heavy atom. The molecule has 2 N–H and O–H groups in total. The summed E-state index contributed by atoms with van der Waals surface area (Å²) < 4.78 is 4.70. The number of aliphatic hydroxyl groups excluding tert-OH is 1. The molecule has 0 saturated heterocycles. The van der Waals surface area contributed by atoms with Crippen LogP contribution in [0.2, 0.25) is 0 Å². The van der Waals surface area contributed by atoms with Crippen molar-refractivity contribution in [3.63, 3.8) is 0 Å². The lowest BCUT2D eigenvalue weighted by atomic mass is 10.0. The lowest BCUT2D eigenvalue weighted by molar-refractivity contribution is -0.139. The number of aliphatic hydroxyl groups is 1. The summed E-state index contributed by atoms with van der Waals surface area (Å²) in [4.78, 5) is 17.9. The van der Waals surface area contributed by atoms with Gasteiger partial charge in [0.2, 0.25) is 0 Å². The number of aromatic nitrogens is 1. The van der Waals surface area contributed by atoms with E-state index in [1.807, 2.05) is 68.1 Å². The van der Waals surface area contributed by atoms with Crippen LogP contribution >= 0.6 is 0 Å². The maximum Gasteiger partial charge on any atom is 0.309 e. The lowest BCUT2D eigenvalue weighted by Crippen LogP contribution is -2.32.